The van der Waals surface area contributed by atoms with Crippen molar-refractivity contribution in [2.24, 2.45) is 0 Å². The third-order valence-corrected chi connectivity index (χ3v) is 9.60. The molecule has 41 heavy (non-hydrogen) atoms. The molecule has 2 unspecified atom stereocenters. The zero-order valence-electron chi connectivity index (χ0n) is 23.4. The monoisotopic (exact) mass is 571 g/mol. The molecule has 3 aromatic rings. The van der Waals surface area contributed by atoms with Crippen LogP contribution < -0.4 is 20.3 Å². The van der Waals surface area contributed by atoms with Crippen molar-refractivity contribution < 1.29 is 14.3 Å². The number of nitrogens with zero attached hydrogens (tertiary/aromatic N) is 1. The predicted octanol–water partition coefficient (Wildman–Crippen LogP) is 7.82. The molecular formula is C34H38ClN3O3. The van der Waals surface area contributed by atoms with Crippen LogP contribution in [0.4, 0.5) is 16.2 Å². The lowest BCUT2D eigenvalue weighted by Crippen LogP contribution is -2.42. The minimum atomic E-state index is -0.122. The SMILES string of the molecule is O=C(Nc1ccc(C2C(c3ccc(Cl)cc3)c3ccc(OC4CCOCC4)cc3N2C2CCC2)cc1)NC1CCC1. The van der Waals surface area contributed by atoms with Crippen LogP contribution >= 0.6 is 11.6 Å². The molecule has 2 heterocycles. The molecule has 7 heteroatoms. The third-order valence-electron chi connectivity index (χ3n) is 9.35. The Bertz CT molecular complexity index is 1360. The number of benzene rings is 3. The van der Waals surface area contributed by atoms with Crippen molar-refractivity contribution in [3.8, 4) is 5.75 Å². The molecule has 2 amide bonds. The number of anilines is 2. The van der Waals surface area contributed by atoms with Crippen molar-refractivity contribution in [1.29, 1.82) is 0 Å². The summed E-state index contributed by atoms with van der Waals surface area (Å²) in [5, 5.41) is 6.83. The molecule has 2 aliphatic carbocycles. The first-order valence-corrected chi connectivity index (χ1v) is 15.6. The van der Waals surface area contributed by atoms with E-state index in [1.54, 1.807) is 0 Å². The van der Waals surface area contributed by atoms with Crippen molar-refractivity contribution in [2.75, 3.05) is 23.4 Å². The number of hydrogen-bond acceptors (Lipinski definition) is 4. The maximum Gasteiger partial charge on any atom is 0.319 e. The number of amides is 2. The van der Waals surface area contributed by atoms with Gasteiger partial charge in [0.2, 0.25) is 0 Å². The van der Waals surface area contributed by atoms with Crippen LogP contribution in [0.2, 0.25) is 5.02 Å². The van der Waals surface area contributed by atoms with Crippen LogP contribution in [0.1, 0.15) is 80.0 Å². The van der Waals surface area contributed by atoms with Gasteiger partial charge >= 0.3 is 6.03 Å². The minimum absolute atomic E-state index is 0.122. The van der Waals surface area contributed by atoms with Gasteiger partial charge < -0.3 is 25.0 Å². The summed E-state index contributed by atoms with van der Waals surface area (Å²) in [7, 11) is 0. The number of nitrogens with one attached hydrogen (secondary N) is 2. The summed E-state index contributed by atoms with van der Waals surface area (Å²) >= 11 is 6.32. The molecule has 2 aliphatic heterocycles. The third kappa shape index (κ3) is 5.52. The number of hydrogen-bond donors (Lipinski definition) is 2. The van der Waals surface area contributed by atoms with E-state index in [4.69, 9.17) is 21.1 Å². The highest BCUT2D eigenvalue weighted by atomic mass is 35.5. The molecule has 0 radical (unpaired) electrons. The number of rotatable bonds is 7. The predicted molar refractivity (Wildman–Crippen MR) is 163 cm³/mol. The summed E-state index contributed by atoms with van der Waals surface area (Å²) in [6.07, 6.45) is 9.02. The average Bonchev–Trinajstić information content (AvgIpc) is 3.25. The Morgan fingerprint density at radius 2 is 1.56 bits per heavy atom. The van der Waals surface area contributed by atoms with E-state index in [-0.39, 0.29) is 24.1 Å². The summed E-state index contributed by atoms with van der Waals surface area (Å²) in [6, 6.07) is 24.3. The van der Waals surface area contributed by atoms with Gasteiger partial charge in [0, 0.05) is 53.3 Å². The fraction of sp³-hybridized carbons (Fsp3) is 0.441. The molecule has 6 nitrogen and oxygen atoms in total. The maximum atomic E-state index is 12.5. The molecular weight excluding hydrogens is 534 g/mol. The van der Waals surface area contributed by atoms with E-state index in [9.17, 15) is 4.79 Å². The van der Waals surface area contributed by atoms with Crippen LogP contribution in [-0.2, 0) is 4.74 Å². The molecule has 2 atom stereocenters. The van der Waals surface area contributed by atoms with E-state index in [0.717, 1.165) is 55.4 Å². The van der Waals surface area contributed by atoms with E-state index in [1.165, 1.54) is 48.1 Å². The molecule has 2 N–H and O–H groups in total. The van der Waals surface area contributed by atoms with Gasteiger partial charge in [-0.25, -0.2) is 4.79 Å². The van der Waals surface area contributed by atoms with Crippen LogP contribution in [0.3, 0.4) is 0 Å². The maximum absolute atomic E-state index is 12.5. The number of carbonyl (C=O) groups excluding carboxylic acids is 1. The first kappa shape index (κ1) is 26.7. The quantitative estimate of drug-likeness (QED) is 0.303. The smallest absolute Gasteiger partial charge is 0.319 e. The normalized spacial score (nSPS) is 22.9. The highest BCUT2D eigenvalue weighted by molar-refractivity contribution is 6.30. The van der Waals surface area contributed by atoms with Crippen LogP contribution in [0.5, 0.6) is 5.75 Å². The standard InChI is InChI=1S/C34H38ClN3O3/c35-24-11-7-22(8-12-24)32-30-16-15-29(41-28-17-19-40-20-18-28)21-31(30)38(27-5-2-6-27)33(32)23-9-13-26(14-10-23)37-34(39)36-25-3-1-4-25/h7-16,21,25,27-28,32-33H,1-6,17-20H2,(H2,36,37,39). The number of carbonyl (C=O) groups is 1. The molecule has 3 fully saturated rings. The first-order chi connectivity index (χ1) is 20.1. The summed E-state index contributed by atoms with van der Waals surface area (Å²) in [5.41, 5.74) is 5.90. The van der Waals surface area contributed by atoms with E-state index in [0.29, 0.717) is 12.1 Å². The number of urea groups is 1. The number of ether oxygens (including phenoxy) is 2. The van der Waals surface area contributed by atoms with Crippen LogP contribution in [-0.4, -0.2) is 37.4 Å². The molecule has 3 aromatic carbocycles. The van der Waals surface area contributed by atoms with Gasteiger partial charge in [0.05, 0.1) is 19.3 Å². The van der Waals surface area contributed by atoms with Gasteiger partial charge in [-0.3, -0.25) is 0 Å². The molecule has 1 saturated heterocycles. The van der Waals surface area contributed by atoms with Gasteiger partial charge in [-0.05, 0) is 85.5 Å². The van der Waals surface area contributed by atoms with E-state index in [1.807, 2.05) is 24.3 Å². The number of halogens is 1. The highest BCUT2D eigenvalue weighted by Crippen LogP contribution is 2.55. The van der Waals surface area contributed by atoms with Gasteiger partial charge in [0.1, 0.15) is 11.9 Å². The van der Waals surface area contributed by atoms with Crippen molar-refractivity contribution >= 4 is 29.0 Å². The molecule has 2 saturated carbocycles. The lowest BCUT2D eigenvalue weighted by Gasteiger charge is -2.42. The molecule has 4 aliphatic rings. The molecule has 0 spiro atoms. The first-order valence-electron chi connectivity index (χ1n) is 15.2. The second-order valence-corrected chi connectivity index (χ2v) is 12.4. The second kappa shape index (κ2) is 11.6. The van der Waals surface area contributed by atoms with E-state index in [2.05, 4.69) is 58.0 Å². The van der Waals surface area contributed by atoms with Gasteiger partial charge in [0.25, 0.3) is 0 Å². The van der Waals surface area contributed by atoms with Crippen molar-refractivity contribution in [1.82, 2.24) is 5.32 Å². The zero-order valence-corrected chi connectivity index (χ0v) is 24.1. The Labute approximate surface area is 247 Å². The van der Waals surface area contributed by atoms with Crippen LogP contribution in [0.15, 0.2) is 66.7 Å². The largest absolute Gasteiger partial charge is 0.490 e. The van der Waals surface area contributed by atoms with Gasteiger partial charge in [-0.1, -0.05) is 41.9 Å². The summed E-state index contributed by atoms with van der Waals surface area (Å²) in [5.74, 6) is 1.09. The van der Waals surface area contributed by atoms with Crippen molar-refractivity contribution in [3.63, 3.8) is 0 Å². The summed E-state index contributed by atoms with van der Waals surface area (Å²) in [6.45, 7) is 1.52. The van der Waals surface area contributed by atoms with Crippen molar-refractivity contribution in [2.45, 2.75) is 81.5 Å². The van der Waals surface area contributed by atoms with Gasteiger partial charge in [-0.15, -0.1) is 0 Å². The fourth-order valence-corrected chi connectivity index (χ4v) is 6.82. The van der Waals surface area contributed by atoms with E-state index >= 15 is 0 Å². The molecule has 0 aromatic heterocycles. The highest BCUT2D eigenvalue weighted by Gasteiger charge is 2.45. The van der Waals surface area contributed by atoms with Gasteiger partial charge in [0.15, 0.2) is 0 Å². The van der Waals surface area contributed by atoms with Crippen molar-refractivity contribution in [3.05, 3.63) is 88.4 Å². The summed E-state index contributed by atoms with van der Waals surface area (Å²) in [4.78, 5) is 15.1. The molecule has 7 rings (SSSR count). The van der Waals surface area contributed by atoms with E-state index < -0.39 is 0 Å². The summed E-state index contributed by atoms with van der Waals surface area (Å²) < 4.78 is 12.0. The van der Waals surface area contributed by atoms with Crippen LogP contribution in [0, 0.1) is 0 Å². The Kier molecular flexibility index (Phi) is 7.53. The fourth-order valence-electron chi connectivity index (χ4n) is 6.69. The Morgan fingerprint density at radius 3 is 2.22 bits per heavy atom. The van der Waals surface area contributed by atoms with Crippen LogP contribution in [0.25, 0.3) is 0 Å². The lowest BCUT2D eigenvalue weighted by atomic mass is 9.83. The average molecular weight is 572 g/mol. The Morgan fingerprint density at radius 1 is 0.854 bits per heavy atom. The Hall–Kier alpha value is -3.22. The Balaban J connectivity index is 1.22. The number of fused-ring (bicyclic) bond motifs is 1. The minimum Gasteiger partial charge on any atom is -0.490 e. The molecule has 0 bridgehead atoms. The second-order valence-electron chi connectivity index (χ2n) is 12.0. The molecule has 214 valence electrons. The van der Waals surface area contributed by atoms with Gasteiger partial charge in [-0.2, -0.15) is 0 Å². The zero-order chi connectivity index (χ0) is 27.8. The topological polar surface area (TPSA) is 62.8 Å². The lowest BCUT2D eigenvalue weighted by molar-refractivity contribution is 0.0256.